The van der Waals surface area contributed by atoms with E-state index in [2.05, 4.69) is 20.5 Å². The topological polar surface area (TPSA) is 102 Å². The van der Waals surface area contributed by atoms with Crippen molar-refractivity contribution in [2.45, 2.75) is 20.8 Å². The van der Waals surface area contributed by atoms with Gasteiger partial charge in [-0.3, -0.25) is 0 Å². The Bertz CT molecular complexity index is 691. The molecule has 116 valence electrons. The van der Waals surface area contributed by atoms with Crippen LogP contribution in [0.2, 0.25) is 0 Å². The first-order valence-corrected chi connectivity index (χ1v) is 7.49. The third-order valence-corrected chi connectivity index (χ3v) is 3.51. The second-order valence-corrected chi connectivity index (χ2v) is 5.61. The fourth-order valence-electron chi connectivity index (χ4n) is 1.79. The lowest BCUT2D eigenvalue weighted by Crippen LogP contribution is -2.05. The van der Waals surface area contributed by atoms with Gasteiger partial charge in [-0.2, -0.15) is 5.10 Å². The molecule has 0 saturated carbocycles. The van der Waals surface area contributed by atoms with Crippen LogP contribution in [-0.2, 0) is 4.74 Å². The highest BCUT2D eigenvalue weighted by molar-refractivity contribution is 7.17. The number of hydrogen-bond donors (Lipinski definition) is 2. The first-order valence-electron chi connectivity index (χ1n) is 6.67. The van der Waals surface area contributed by atoms with Crippen LogP contribution in [0.4, 0.5) is 10.9 Å². The van der Waals surface area contributed by atoms with Crippen molar-refractivity contribution in [2.24, 2.45) is 5.10 Å². The molecule has 2 aromatic rings. The fraction of sp³-hybridized carbons (Fsp3) is 0.286. The Balaban J connectivity index is 2.07. The maximum absolute atomic E-state index is 11.7. The molecule has 0 aliphatic heterocycles. The number of esters is 1. The molecule has 0 spiro atoms. The van der Waals surface area contributed by atoms with E-state index >= 15 is 0 Å². The minimum atomic E-state index is -0.429. The Labute approximate surface area is 132 Å². The van der Waals surface area contributed by atoms with Gasteiger partial charge in [-0.05, 0) is 32.9 Å². The summed E-state index contributed by atoms with van der Waals surface area (Å²) in [6.45, 7) is 5.82. The number of nitrogens with two attached hydrogens (primary N) is 1. The summed E-state index contributed by atoms with van der Waals surface area (Å²) in [4.78, 5) is 20.8. The predicted octanol–water partition coefficient (Wildman–Crippen LogP) is 2.36. The molecule has 0 radical (unpaired) electrons. The molecule has 8 heteroatoms. The maximum atomic E-state index is 11.7. The summed E-state index contributed by atoms with van der Waals surface area (Å²) in [5.74, 6) is -0.00889. The number of nitrogen functional groups attached to an aromatic ring is 1. The predicted molar refractivity (Wildman–Crippen MR) is 87.4 cm³/mol. The molecule has 0 atom stereocenters. The van der Waals surface area contributed by atoms with Gasteiger partial charge < -0.3 is 10.5 Å². The number of thiophene rings is 1. The average molecular weight is 319 g/mol. The summed E-state index contributed by atoms with van der Waals surface area (Å²) in [6.07, 6.45) is 1.56. The zero-order valence-corrected chi connectivity index (χ0v) is 13.4. The van der Waals surface area contributed by atoms with Crippen LogP contribution in [0.1, 0.15) is 33.5 Å². The Kier molecular flexibility index (Phi) is 5.05. The van der Waals surface area contributed by atoms with Crippen LogP contribution < -0.4 is 11.2 Å². The van der Waals surface area contributed by atoms with Gasteiger partial charge >= 0.3 is 5.97 Å². The standard InChI is InChI=1S/C14H17N5O2S/c1-4-21-13(20)11-6-10(22-12(11)15)7-16-19-14-17-8(2)5-9(3)18-14/h5-7H,4,15H2,1-3H3,(H,17,18,19)/b16-7-. The van der Waals surface area contributed by atoms with Crippen molar-refractivity contribution < 1.29 is 9.53 Å². The number of ether oxygens (including phenoxy) is 1. The van der Waals surface area contributed by atoms with Crippen molar-refractivity contribution in [3.05, 3.63) is 34.0 Å². The molecule has 2 rings (SSSR count). The summed E-state index contributed by atoms with van der Waals surface area (Å²) in [5, 5.41) is 4.46. The summed E-state index contributed by atoms with van der Waals surface area (Å²) in [6, 6.07) is 3.52. The zero-order chi connectivity index (χ0) is 16.1. The van der Waals surface area contributed by atoms with E-state index in [0.29, 0.717) is 23.1 Å². The lowest BCUT2D eigenvalue weighted by molar-refractivity contribution is 0.0528. The number of hydrazone groups is 1. The fourth-order valence-corrected chi connectivity index (χ4v) is 2.57. The van der Waals surface area contributed by atoms with Crippen LogP contribution in [-0.4, -0.2) is 28.8 Å². The van der Waals surface area contributed by atoms with Crippen LogP contribution in [0.3, 0.4) is 0 Å². The van der Waals surface area contributed by atoms with Gasteiger partial charge in [0.1, 0.15) is 5.00 Å². The number of nitrogens with zero attached hydrogens (tertiary/aromatic N) is 3. The molecule has 0 aliphatic carbocycles. The van der Waals surface area contributed by atoms with Gasteiger partial charge in [-0.1, -0.05) is 0 Å². The van der Waals surface area contributed by atoms with E-state index in [1.54, 1.807) is 19.2 Å². The number of nitrogens with one attached hydrogen (secondary N) is 1. The van der Waals surface area contributed by atoms with E-state index in [1.807, 2.05) is 19.9 Å². The minimum Gasteiger partial charge on any atom is -0.462 e. The molecule has 0 aliphatic rings. The van der Waals surface area contributed by atoms with Crippen LogP contribution in [0, 0.1) is 13.8 Å². The largest absolute Gasteiger partial charge is 0.462 e. The van der Waals surface area contributed by atoms with Crippen molar-refractivity contribution in [2.75, 3.05) is 17.8 Å². The molecular weight excluding hydrogens is 302 g/mol. The van der Waals surface area contributed by atoms with Gasteiger partial charge in [0, 0.05) is 11.4 Å². The SMILES string of the molecule is CCOC(=O)c1cc(/C=N\Nc2nc(C)cc(C)n2)sc1N. The monoisotopic (exact) mass is 319 g/mol. The van der Waals surface area contributed by atoms with E-state index in [4.69, 9.17) is 10.5 Å². The molecule has 2 heterocycles. The smallest absolute Gasteiger partial charge is 0.341 e. The number of aryl methyl sites for hydroxylation is 2. The number of carbonyl (C=O) groups excluding carboxylic acids is 1. The molecule has 0 bridgehead atoms. The van der Waals surface area contributed by atoms with Crippen molar-refractivity contribution in [3.63, 3.8) is 0 Å². The number of rotatable bonds is 5. The average Bonchev–Trinajstić information content (AvgIpc) is 2.79. The van der Waals surface area contributed by atoms with Crippen molar-refractivity contribution in [3.8, 4) is 0 Å². The maximum Gasteiger partial charge on any atom is 0.341 e. The summed E-state index contributed by atoms with van der Waals surface area (Å²) in [7, 11) is 0. The Morgan fingerprint density at radius 2 is 2.09 bits per heavy atom. The Morgan fingerprint density at radius 3 is 2.73 bits per heavy atom. The highest BCUT2D eigenvalue weighted by Crippen LogP contribution is 2.24. The van der Waals surface area contributed by atoms with Crippen molar-refractivity contribution >= 4 is 34.5 Å². The Hall–Kier alpha value is -2.48. The van der Waals surface area contributed by atoms with Gasteiger partial charge in [0.2, 0.25) is 5.95 Å². The second kappa shape index (κ2) is 6.99. The van der Waals surface area contributed by atoms with E-state index in [-0.39, 0.29) is 0 Å². The molecule has 2 aromatic heterocycles. The molecule has 0 unspecified atom stereocenters. The van der Waals surface area contributed by atoms with E-state index < -0.39 is 5.97 Å². The summed E-state index contributed by atoms with van der Waals surface area (Å²) < 4.78 is 4.93. The summed E-state index contributed by atoms with van der Waals surface area (Å²) in [5.41, 5.74) is 10.6. The van der Waals surface area contributed by atoms with Gasteiger partial charge in [-0.15, -0.1) is 11.3 Å². The van der Waals surface area contributed by atoms with Crippen LogP contribution >= 0.6 is 11.3 Å². The van der Waals surface area contributed by atoms with Crippen LogP contribution in [0.25, 0.3) is 0 Å². The van der Waals surface area contributed by atoms with Crippen molar-refractivity contribution in [1.82, 2.24) is 9.97 Å². The lowest BCUT2D eigenvalue weighted by atomic mass is 10.3. The molecule has 0 amide bonds. The minimum absolute atomic E-state index is 0.309. The number of carbonyl (C=O) groups is 1. The quantitative estimate of drug-likeness (QED) is 0.498. The van der Waals surface area contributed by atoms with Gasteiger partial charge in [0.15, 0.2) is 0 Å². The number of anilines is 2. The van der Waals surface area contributed by atoms with E-state index in [1.165, 1.54) is 11.3 Å². The van der Waals surface area contributed by atoms with Gasteiger partial charge in [-0.25, -0.2) is 20.2 Å². The molecular formula is C14H17N5O2S. The van der Waals surface area contributed by atoms with E-state index in [9.17, 15) is 4.79 Å². The first-order chi connectivity index (χ1) is 10.5. The van der Waals surface area contributed by atoms with Crippen LogP contribution in [0.15, 0.2) is 17.2 Å². The molecule has 0 saturated heterocycles. The van der Waals surface area contributed by atoms with Gasteiger partial charge in [0.05, 0.1) is 23.3 Å². The second-order valence-electron chi connectivity index (χ2n) is 4.49. The van der Waals surface area contributed by atoms with Crippen LogP contribution in [0.5, 0.6) is 0 Å². The normalized spacial score (nSPS) is 10.9. The molecule has 0 aromatic carbocycles. The van der Waals surface area contributed by atoms with Gasteiger partial charge in [0.25, 0.3) is 0 Å². The van der Waals surface area contributed by atoms with E-state index in [0.717, 1.165) is 16.3 Å². The molecule has 7 nitrogen and oxygen atoms in total. The number of hydrogen-bond acceptors (Lipinski definition) is 8. The third kappa shape index (κ3) is 4.01. The lowest BCUT2D eigenvalue weighted by Gasteiger charge is -2.00. The summed E-state index contributed by atoms with van der Waals surface area (Å²) >= 11 is 1.26. The van der Waals surface area contributed by atoms with Crippen molar-refractivity contribution in [1.29, 1.82) is 0 Å². The third-order valence-electron chi connectivity index (χ3n) is 2.61. The highest BCUT2D eigenvalue weighted by atomic mass is 32.1. The number of aromatic nitrogens is 2. The molecule has 3 N–H and O–H groups in total. The molecule has 22 heavy (non-hydrogen) atoms. The first kappa shape index (κ1) is 15.9. The zero-order valence-electron chi connectivity index (χ0n) is 12.6. The molecule has 0 fully saturated rings. The Morgan fingerprint density at radius 1 is 1.41 bits per heavy atom. The highest BCUT2D eigenvalue weighted by Gasteiger charge is 2.14.